The maximum absolute atomic E-state index is 6.15. The van der Waals surface area contributed by atoms with Gasteiger partial charge in [0.1, 0.15) is 11.3 Å². The average Bonchev–Trinajstić information content (AvgIpc) is 2.20. The number of aliphatic imine (C=N–C) groups is 1. The van der Waals surface area contributed by atoms with E-state index in [0.717, 1.165) is 11.1 Å². The molecular weight excluding hydrogens is 221 g/mol. The number of hydrogen-bond donors (Lipinski definition) is 0. The molecule has 2 nitrogen and oxygen atoms in total. The fourth-order valence-electron chi connectivity index (χ4n) is 1.52. The van der Waals surface area contributed by atoms with Crippen LogP contribution < -0.4 is 4.74 Å². The number of halogens is 2. The number of methoxy groups -OCH3 is 1. The number of nitrogens with zero attached hydrogens (tertiary/aromatic N) is 1. The molecule has 1 aliphatic heterocycles. The Hall–Kier alpha value is -0.730. The Labute approximate surface area is 92.5 Å². The largest absolute Gasteiger partial charge is 0.495 e. The summed E-state index contributed by atoms with van der Waals surface area (Å²) in [6, 6.07) is 3.73. The smallest absolute Gasteiger partial charge is 0.148 e. The molecule has 1 heterocycles. The quantitative estimate of drug-likeness (QED) is 0.536. The van der Waals surface area contributed by atoms with E-state index in [9.17, 15) is 0 Å². The highest BCUT2D eigenvalue weighted by Crippen LogP contribution is 2.37. The van der Waals surface area contributed by atoms with Crippen LogP contribution in [0.15, 0.2) is 17.1 Å². The maximum Gasteiger partial charge on any atom is 0.148 e. The molecule has 1 unspecified atom stereocenters. The van der Waals surface area contributed by atoms with E-state index < -0.39 is 0 Å². The van der Waals surface area contributed by atoms with Crippen LogP contribution in [-0.4, -0.2) is 13.3 Å². The zero-order valence-corrected chi connectivity index (χ0v) is 9.14. The summed E-state index contributed by atoms with van der Waals surface area (Å²) in [7, 11) is 1.60. The molecule has 1 atom stereocenters. The van der Waals surface area contributed by atoms with Gasteiger partial charge in [-0.3, -0.25) is 4.99 Å². The first-order chi connectivity index (χ1) is 6.74. The monoisotopic (exact) mass is 229 g/mol. The minimum absolute atomic E-state index is 0.317. The van der Waals surface area contributed by atoms with Gasteiger partial charge in [0.05, 0.1) is 12.1 Å². The zero-order chi connectivity index (χ0) is 10.1. The molecular formula is C10H9Cl2NO. The van der Waals surface area contributed by atoms with Crippen molar-refractivity contribution >= 4 is 29.4 Å². The number of rotatable bonds is 1. The molecule has 0 N–H and O–H groups in total. The van der Waals surface area contributed by atoms with Gasteiger partial charge in [0.2, 0.25) is 0 Å². The third kappa shape index (κ3) is 1.49. The van der Waals surface area contributed by atoms with Gasteiger partial charge in [0.15, 0.2) is 0 Å². The van der Waals surface area contributed by atoms with Crippen LogP contribution in [0, 0.1) is 0 Å². The molecule has 0 spiro atoms. The third-order valence-corrected chi connectivity index (χ3v) is 3.01. The van der Waals surface area contributed by atoms with E-state index >= 15 is 0 Å². The Morgan fingerprint density at radius 2 is 2.29 bits per heavy atom. The van der Waals surface area contributed by atoms with E-state index in [4.69, 9.17) is 27.9 Å². The summed E-state index contributed by atoms with van der Waals surface area (Å²) in [6.07, 6.45) is 2.50. The van der Waals surface area contributed by atoms with Gasteiger partial charge in [-0.05, 0) is 17.2 Å². The second-order valence-electron chi connectivity index (χ2n) is 3.02. The Balaban J connectivity index is 2.55. The number of ether oxygens (including phenoxy) is 1. The third-order valence-electron chi connectivity index (χ3n) is 2.25. The fourth-order valence-corrected chi connectivity index (χ4v) is 2.13. The van der Waals surface area contributed by atoms with E-state index in [-0.39, 0.29) is 5.50 Å². The van der Waals surface area contributed by atoms with Crippen LogP contribution in [0.5, 0.6) is 5.75 Å². The van der Waals surface area contributed by atoms with Gasteiger partial charge in [-0.2, -0.15) is 0 Å². The lowest BCUT2D eigenvalue weighted by molar-refractivity contribution is 0.414. The molecule has 4 heteroatoms. The summed E-state index contributed by atoms with van der Waals surface area (Å²) in [5.41, 5.74) is 1.67. The van der Waals surface area contributed by atoms with Gasteiger partial charge in [-0.25, -0.2) is 0 Å². The zero-order valence-electron chi connectivity index (χ0n) is 7.63. The highest BCUT2D eigenvalue weighted by molar-refractivity contribution is 6.33. The molecule has 1 aromatic carbocycles. The Bertz CT molecular complexity index is 390. The first-order valence-corrected chi connectivity index (χ1v) is 5.06. The Morgan fingerprint density at radius 3 is 3.00 bits per heavy atom. The molecule has 1 aromatic rings. The van der Waals surface area contributed by atoms with Crippen molar-refractivity contribution in [1.82, 2.24) is 0 Å². The van der Waals surface area contributed by atoms with Crippen LogP contribution in [0.2, 0.25) is 5.02 Å². The number of fused-ring (bicyclic) bond motifs is 1. The van der Waals surface area contributed by atoms with Gasteiger partial charge in [0, 0.05) is 12.6 Å². The maximum atomic E-state index is 6.15. The molecule has 0 fully saturated rings. The van der Waals surface area contributed by atoms with Crippen LogP contribution >= 0.6 is 23.2 Å². The van der Waals surface area contributed by atoms with Crippen molar-refractivity contribution in [2.75, 3.05) is 7.11 Å². The first kappa shape index (κ1) is 9.81. The van der Waals surface area contributed by atoms with Gasteiger partial charge in [-0.15, -0.1) is 0 Å². The molecule has 14 heavy (non-hydrogen) atoms. The molecule has 2 rings (SSSR count). The molecule has 1 aliphatic rings. The van der Waals surface area contributed by atoms with E-state index in [1.54, 1.807) is 13.3 Å². The standard InChI is InChI=1S/C10H9Cl2NO/c1-14-8-3-2-7-6(9(8)11)4-5-13-10(7)12/h2-3,5,10H,4H2,1H3. The molecule has 0 bridgehead atoms. The molecule has 0 aliphatic carbocycles. The van der Waals surface area contributed by atoms with Crippen molar-refractivity contribution in [2.24, 2.45) is 4.99 Å². The van der Waals surface area contributed by atoms with Crippen molar-refractivity contribution < 1.29 is 4.74 Å². The highest BCUT2D eigenvalue weighted by Gasteiger charge is 2.19. The summed E-state index contributed by atoms with van der Waals surface area (Å²) in [4.78, 5) is 4.11. The van der Waals surface area contributed by atoms with Crippen LogP contribution in [0.3, 0.4) is 0 Å². The van der Waals surface area contributed by atoms with E-state index in [2.05, 4.69) is 4.99 Å². The molecule has 0 aromatic heterocycles. The Kier molecular flexibility index (Phi) is 2.66. The van der Waals surface area contributed by atoms with Crippen molar-refractivity contribution in [3.05, 3.63) is 28.3 Å². The topological polar surface area (TPSA) is 21.6 Å². The van der Waals surface area contributed by atoms with Crippen LogP contribution in [0.25, 0.3) is 0 Å². The average molecular weight is 230 g/mol. The minimum atomic E-state index is -0.317. The number of alkyl halides is 1. The highest BCUT2D eigenvalue weighted by atomic mass is 35.5. The first-order valence-electron chi connectivity index (χ1n) is 4.25. The molecule has 0 saturated heterocycles. The second kappa shape index (κ2) is 3.79. The fraction of sp³-hybridized carbons (Fsp3) is 0.300. The second-order valence-corrected chi connectivity index (χ2v) is 3.81. The normalized spacial score (nSPS) is 19.2. The molecule has 0 radical (unpaired) electrons. The SMILES string of the molecule is COc1ccc2c(c1Cl)CC=NC2Cl. The summed E-state index contributed by atoms with van der Waals surface area (Å²) >= 11 is 12.2. The van der Waals surface area contributed by atoms with Crippen LogP contribution in [0.1, 0.15) is 16.6 Å². The van der Waals surface area contributed by atoms with E-state index in [1.807, 2.05) is 12.1 Å². The number of hydrogen-bond acceptors (Lipinski definition) is 2. The lowest BCUT2D eigenvalue weighted by Gasteiger charge is -2.17. The summed E-state index contributed by atoms with van der Waals surface area (Å²) < 4.78 is 5.13. The predicted octanol–water partition coefficient (Wildman–Crippen LogP) is 3.21. The molecule has 74 valence electrons. The minimum Gasteiger partial charge on any atom is -0.495 e. The molecule has 0 amide bonds. The van der Waals surface area contributed by atoms with Crippen molar-refractivity contribution in [3.63, 3.8) is 0 Å². The van der Waals surface area contributed by atoms with Crippen molar-refractivity contribution in [2.45, 2.75) is 11.9 Å². The Morgan fingerprint density at radius 1 is 1.50 bits per heavy atom. The van der Waals surface area contributed by atoms with Gasteiger partial charge < -0.3 is 4.74 Å². The van der Waals surface area contributed by atoms with Crippen LogP contribution in [0.4, 0.5) is 0 Å². The van der Waals surface area contributed by atoms with E-state index in [1.165, 1.54) is 0 Å². The number of benzene rings is 1. The molecule has 0 saturated carbocycles. The van der Waals surface area contributed by atoms with Gasteiger partial charge in [0.25, 0.3) is 0 Å². The van der Waals surface area contributed by atoms with E-state index in [0.29, 0.717) is 17.2 Å². The van der Waals surface area contributed by atoms with Crippen molar-refractivity contribution in [1.29, 1.82) is 0 Å². The van der Waals surface area contributed by atoms with Crippen LogP contribution in [-0.2, 0) is 6.42 Å². The lowest BCUT2D eigenvalue weighted by Crippen LogP contribution is -2.04. The van der Waals surface area contributed by atoms with Crippen molar-refractivity contribution in [3.8, 4) is 5.75 Å². The lowest BCUT2D eigenvalue weighted by atomic mass is 10.0. The summed E-state index contributed by atoms with van der Waals surface area (Å²) in [6.45, 7) is 0. The predicted molar refractivity (Wildman–Crippen MR) is 58.8 cm³/mol. The van der Waals surface area contributed by atoms with Gasteiger partial charge >= 0.3 is 0 Å². The summed E-state index contributed by atoms with van der Waals surface area (Å²) in [5.74, 6) is 0.685. The summed E-state index contributed by atoms with van der Waals surface area (Å²) in [5, 5.41) is 0.641. The van der Waals surface area contributed by atoms with Gasteiger partial charge in [-0.1, -0.05) is 29.3 Å².